The van der Waals surface area contributed by atoms with E-state index < -0.39 is 0 Å². The van der Waals surface area contributed by atoms with Crippen LogP contribution in [0, 0.1) is 5.92 Å². The Morgan fingerprint density at radius 3 is 2.55 bits per heavy atom. The molecule has 2 aromatic carbocycles. The number of rotatable bonds is 5. The van der Waals surface area contributed by atoms with Crippen molar-refractivity contribution in [3.8, 4) is 11.5 Å². The molecule has 0 aromatic heterocycles. The van der Waals surface area contributed by atoms with Gasteiger partial charge in [0.2, 0.25) is 0 Å². The average molecular weight is 423 g/mol. The van der Waals surface area contributed by atoms with E-state index in [1.54, 1.807) is 7.11 Å². The number of benzene rings is 2. The lowest BCUT2D eigenvalue weighted by Gasteiger charge is -2.38. The molecule has 0 spiro atoms. The predicted molar refractivity (Wildman–Crippen MR) is 123 cm³/mol. The van der Waals surface area contributed by atoms with Gasteiger partial charge in [-0.25, -0.2) is 0 Å². The molecule has 0 unspecified atom stereocenters. The lowest BCUT2D eigenvalue weighted by atomic mass is 9.89. The number of nitrogens with zero attached hydrogens (tertiary/aromatic N) is 1. The van der Waals surface area contributed by atoms with Gasteiger partial charge in [0, 0.05) is 24.1 Å². The van der Waals surface area contributed by atoms with E-state index in [0.717, 1.165) is 42.6 Å². The second-order valence-electron chi connectivity index (χ2n) is 9.65. The Bertz CT molecular complexity index is 915. The smallest absolute Gasteiger partial charge is 0.251 e. The number of fused-ring (bicyclic) bond motifs is 1. The Labute approximate surface area is 185 Å². The maximum absolute atomic E-state index is 13.0. The quantitative estimate of drug-likeness (QED) is 0.740. The van der Waals surface area contributed by atoms with Crippen LogP contribution in [-0.4, -0.2) is 36.6 Å². The molecule has 0 saturated carbocycles. The summed E-state index contributed by atoms with van der Waals surface area (Å²) in [6.45, 7) is 9.71. The summed E-state index contributed by atoms with van der Waals surface area (Å²) in [6.07, 6.45) is 3.24. The topological polar surface area (TPSA) is 50.8 Å². The van der Waals surface area contributed by atoms with Crippen LogP contribution in [0.2, 0.25) is 0 Å². The fourth-order valence-corrected chi connectivity index (χ4v) is 4.57. The predicted octanol–water partition coefficient (Wildman–Crippen LogP) is 4.96. The van der Waals surface area contributed by atoms with Crippen LogP contribution < -0.4 is 14.8 Å². The number of likely N-dealkylation sites (tertiary alicyclic amines) is 1. The van der Waals surface area contributed by atoms with Crippen LogP contribution in [0.1, 0.15) is 67.6 Å². The number of hydrogen-bond donors (Lipinski definition) is 1. The number of ether oxygens (including phenoxy) is 2. The molecule has 1 N–H and O–H groups in total. The summed E-state index contributed by atoms with van der Waals surface area (Å²) in [6, 6.07) is 13.7. The van der Waals surface area contributed by atoms with E-state index in [4.69, 9.17) is 9.47 Å². The molecule has 4 rings (SSSR count). The van der Waals surface area contributed by atoms with Crippen LogP contribution in [0.15, 0.2) is 42.5 Å². The molecule has 1 fully saturated rings. The lowest BCUT2D eigenvalue weighted by Crippen LogP contribution is -2.41. The van der Waals surface area contributed by atoms with E-state index in [-0.39, 0.29) is 17.6 Å². The van der Waals surface area contributed by atoms with Gasteiger partial charge in [0.25, 0.3) is 5.91 Å². The first-order chi connectivity index (χ1) is 14.8. The molecule has 2 aliphatic heterocycles. The van der Waals surface area contributed by atoms with E-state index >= 15 is 0 Å². The van der Waals surface area contributed by atoms with Crippen LogP contribution in [-0.2, 0) is 6.54 Å². The molecule has 5 nitrogen and oxygen atoms in total. The van der Waals surface area contributed by atoms with Gasteiger partial charge >= 0.3 is 0 Å². The number of hydrogen-bond acceptors (Lipinski definition) is 4. The molecule has 166 valence electrons. The summed E-state index contributed by atoms with van der Waals surface area (Å²) in [5.41, 5.74) is 2.55. The minimum Gasteiger partial charge on any atom is -0.497 e. The van der Waals surface area contributed by atoms with Crippen LogP contribution >= 0.6 is 0 Å². The van der Waals surface area contributed by atoms with Gasteiger partial charge < -0.3 is 14.8 Å². The Morgan fingerprint density at radius 2 is 1.87 bits per heavy atom. The van der Waals surface area contributed by atoms with Crippen molar-refractivity contribution in [1.82, 2.24) is 10.2 Å². The van der Waals surface area contributed by atoms with Crippen molar-refractivity contribution in [2.24, 2.45) is 5.92 Å². The Hall–Kier alpha value is -2.53. The molecule has 1 amide bonds. The normalized spacial score (nSPS) is 21.1. The summed E-state index contributed by atoms with van der Waals surface area (Å²) in [7, 11) is 1.65. The Balaban J connectivity index is 1.44. The third-order valence-electron chi connectivity index (χ3n) is 6.48. The number of nitrogens with one attached hydrogen (secondary N) is 1. The molecule has 1 atom stereocenters. The molecule has 5 heteroatoms. The summed E-state index contributed by atoms with van der Waals surface area (Å²) >= 11 is 0. The molecular formula is C26H34N2O3. The highest BCUT2D eigenvalue weighted by Crippen LogP contribution is 2.41. The van der Waals surface area contributed by atoms with Gasteiger partial charge in [-0.2, -0.15) is 0 Å². The Morgan fingerprint density at radius 1 is 1.16 bits per heavy atom. The molecule has 2 aliphatic rings. The fourth-order valence-electron chi connectivity index (χ4n) is 4.57. The highest BCUT2D eigenvalue weighted by atomic mass is 16.5. The van der Waals surface area contributed by atoms with Gasteiger partial charge in [-0.3, -0.25) is 9.69 Å². The number of piperidine rings is 1. The van der Waals surface area contributed by atoms with Crippen LogP contribution in [0.4, 0.5) is 0 Å². The van der Waals surface area contributed by atoms with E-state index in [9.17, 15) is 4.79 Å². The van der Waals surface area contributed by atoms with Gasteiger partial charge in [-0.05, 0) is 81.6 Å². The summed E-state index contributed by atoms with van der Waals surface area (Å²) in [5.74, 6) is 2.34. The summed E-state index contributed by atoms with van der Waals surface area (Å²) in [4.78, 5) is 15.5. The van der Waals surface area contributed by atoms with E-state index in [0.29, 0.717) is 12.0 Å². The van der Waals surface area contributed by atoms with Crippen molar-refractivity contribution in [1.29, 1.82) is 0 Å². The van der Waals surface area contributed by atoms with Crippen molar-refractivity contribution in [3.63, 3.8) is 0 Å². The van der Waals surface area contributed by atoms with Crippen molar-refractivity contribution in [3.05, 3.63) is 59.2 Å². The van der Waals surface area contributed by atoms with E-state index in [1.165, 1.54) is 18.4 Å². The number of methoxy groups -OCH3 is 1. The largest absolute Gasteiger partial charge is 0.497 e. The third-order valence-corrected chi connectivity index (χ3v) is 6.48. The monoisotopic (exact) mass is 422 g/mol. The van der Waals surface area contributed by atoms with Crippen LogP contribution in [0.5, 0.6) is 11.5 Å². The second-order valence-corrected chi connectivity index (χ2v) is 9.65. The zero-order valence-electron chi connectivity index (χ0n) is 19.1. The molecule has 0 bridgehead atoms. The van der Waals surface area contributed by atoms with Crippen molar-refractivity contribution >= 4 is 5.91 Å². The van der Waals surface area contributed by atoms with Gasteiger partial charge in [-0.15, -0.1) is 0 Å². The molecule has 2 aromatic rings. The minimum atomic E-state index is -0.352. The number of amides is 1. The zero-order valence-corrected chi connectivity index (χ0v) is 19.1. The van der Waals surface area contributed by atoms with Crippen molar-refractivity contribution in [2.75, 3.05) is 20.2 Å². The molecule has 2 heterocycles. The van der Waals surface area contributed by atoms with Crippen LogP contribution in [0.25, 0.3) is 0 Å². The number of carbonyl (C=O) groups is 1. The van der Waals surface area contributed by atoms with Crippen LogP contribution in [0.3, 0.4) is 0 Å². The maximum atomic E-state index is 13.0. The first-order valence-corrected chi connectivity index (χ1v) is 11.3. The lowest BCUT2D eigenvalue weighted by molar-refractivity contribution is 0.0618. The third kappa shape index (κ3) is 5.21. The van der Waals surface area contributed by atoms with Gasteiger partial charge in [0.1, 0.15) is 17.1 Å². The SMILES string of the molecule is COc1ccc2c(c1)[C@@H](NC(=O)c1ccc(CN3CCC(C)CC3)cc1)CC(C)(C)O2. The van der Waals surface area contributed by atoms with Gasteiger partial charge in [0.05, 0.1) is 13.2 Å². The highest BCUT2D eigenvalue weighted by molar-refractivity contribution is 5.94. The molecule has 0 radical (unpaired) electrons. The van der Waals surface area contributed by atoms with Gasteiger partial charge in [-0.1, -0.05) is 19.1 Å². The van der Waals surface area contributed by atoms with E-state index in [2.05, 4.69) is 43.1 Å². The molecule has 0 aliphatic carbocycles. The molecule has 1 saturated heterocycles. The first-order valence-electron chi connectivity index (χ1n) is 11.3. The number of carbonyl (C=O) groups excluding carboxylic acids is 1. The van der Waals surface area contributed by atoms with E-state index in [1.807, 2.05) is 30.3 Å². The summed E-state index contributed by atoms with van der Waals surface area (Å²) < 4.78 is 11.5. The first kappa shape index (κ1) is 21.7. The highest BCUT2D eigenvalue weighted by Gasteiger charge is 2.35. The fraction of sp³-hybridized carbons (Fsp3) is 0.500. The Kier molecular flexibility index (Phi) is 6.24. The second kappa shape index (κ2) is 8.91. The van der Waals surface area contributed by atoms with Crippen molar-refractivity contribution < 1.29 is 14.3 Å². The molecular weight excluding hydrogens is 388 g/mol. The minimum absolute atomic E-state index is 0.0604. The molecule has 31 heavy (non-hydrogen) atoms. The van der Waals surface area contributed by atoms with Gasteiger partial charge in [0.15, 0.2) is 0 Å². The average Bonchev–Trinajstić information content (AvgIpc) is 2.75. The van der Waals surface area contributed by atoms with Crippen molar-refractivity contribution in [2.45, 2.75) is 58.2 Å². The zero-order chi connectivity index (χ0) is 22.0. The standard InChI is InChI=1S/C26H34N2O3/c1-18-11-13-28(14-12-18)17-19-5-7-20(8-6-19)25(29)27-23-16-26(2,3)31-24-10-9-21(30-4)15-22(23)24/h5-10,15,18,23H,11-14,16-17H2,1-4H3,(H,27,29)/t23-/m0/s1. The maximum Gasteiger partial charge on any atom is 0.251 e. The summed E-state index contributed by atoms with van der Waals surface area (Å²) in [5, 5.41) is 3.22.